The Hall–Kier alpha value is -1.63. The molecule has 0 bridgehead atoms. The number of halogens is 2. The highest BCUT2D eigenvalue weighted by Crippen LogP contribution is 2.26. The van der Waals surface area contributed by atoms with Crippen LogP contribution >= 0.6 is 0 Å². The lowest BCUT2D eigenvalue weighted by Crippen LogP contribution is -2.19. The highest BCUT2D eigenvalue weighted by molar-refractivity contribution is 5.88. The molecule has 0 aliphatic carbocycles. The molecule has 1 fully saturated rings. The third-order valence-corrected chi connectivity index (χ3v) is 2.80. The molecule has 0 aromatic carbocycles. The Labute approximate surface area is 102 Å². The van der Waals surface area contributed by atoms with E-state index in [1.54, 1.807) is 0 Å². The second-order valence-electron chi connectivity index (χ2n) is 4.05. The van der Waals surface area contributed by atoms with E-state index in [4.69, 9.17) is 9.84 Å². The van der Waals surface area contributed by atoms with Crippen LogP contribution in [0.5, 0.6) is 0 Å². The van der Waals surface area contributed by atoms with Gasteiger partial charge in [0.2, 0.25) is 0 Å². The molecular formula is C11H12F2N2O3. The summed E-state index contributed by atoms with van der Waals surface area (Å²) in [4.78, 5) is 18.3. The number of aromatic nitrogens is 2. The molecule has 0 spiro atoms. The summed E-state index contributed by atoms with van der Waals surface area (Å²) >= 11 is 0. The van der Waals surface area contributed by atoms with Crippen LogP contribution < -0.4 is 0 Å². The fraction of sp³-hybridized carbons (Fsp3) is 0.545. The number of aromatic carboxylic acids is 1. The Morgan fingerprint density at radius 3 is 2.89 bits per heavy atom. The Bertz CT molecular complexity index is 448. The van der Waals surface area contributed by atoms with Gasteiger partial charge in [0.1, 0.15) is 17.1 Å². The largest absolute Gasteiger partial charge is 0.478 e. The first-order valence-electron chi connectivity index (χ1n) is 5.55. The molecule has 2 heterocycles. The number of nitrogens with zero attached hydrogens (tertiary/aromatic N) is 2. The molecular weight excluding hydrogens is 246 g/mol. The zero-order valence-corrected chi connectivity index (χ0v) is 9.47. The van der Waals surface area contributed by atoms with Gasteiger partial charge in [0.25, 0.3) is 6.43 Å². The van der Waals surface area contributed by atoms with E-state index in [0.717, 1.165) is 19.0 Å². The number of hydrogen-bond donors (Lipinski definition) is 1. The SMILES string of the molecule is O=C(O)c1cnc(C2CCCOC2)nc1C(F)F. The highest BCUT2D eigenvalue weighted by Gasteiger charge is 2.25. The van der Waals surface area contributed by atoms with Gasteiger partial charge >= 0.3 is 5.97 Å². The van der Waals surface area contributed by atoms with Crippen molar-refractivity contribution in [2.75, 3.05) is 13.2 Å². The maximum absolute atomic E-state index is 12.8. The van der Waals surface area contributed by atoms with Gasteiger partial charge in [-0.2, -0.15) is 0 Å². The van der Waals surface area contributed by atoms with Crippen molar-refractivity contribution in [3.05, 3.63) is 23.3 Å². The van der Waals surface area contributed by atoms with Gasteiger partial charge < -0.3 is 9.84 Å². The van der Waals surface area contributed by atoms with Gasteiger partial charge in [0, 0.05) is 18.7 Å². The van der Waals surface area contributed by atoms with Crippen molar-refractivity contribution in [1.82, 2.24) is 9.97 Å². The molecule has 0 amide bonds. The number of carbonyl (C=O) groups is 1. The third kappa shape index (κ3) is 2.61. The van der Waals surface area contributed by atoms with Crippen LogP contribution in [0.3, 0.4) is 0 Å². The van der Waals surface area contributed by atoms with Gasteiger partial charge in [0.15, 0.2) is 0 Å². The van der Waals surface area contributed by atoms with Gasteiger partial charge in [-0.05, 0) is 12.8 Å². The summed E-state index contributed by atoms with van der Waals surface area (Å²) < 4.78 is 30.7. The molecule has 0 radical (unpaired) electrons. The van der Waals surface area contributed by atoms with Gasteiger partial charge in [-0.3, -0.25) is 0 Å². The van der Waals surface area contributed by atoms with Crippen molar-refractivity contribution in [2.45, 2.75) is 25.2 Å². The standard InChI is InChI=1S/C11H12F2N2O3/c12-9(13)8-7(11(16)17)4-14-10(15-8)6-2-1-3-18-5-6/h4,6,9H,1-3,5H2,(H,16,17). The van der Waals surface area contributed by atoms with Crippen molar-refractivity contribution in [1.29, 1.82) is 0 Å². The van der Waals surface area contributed by atoms with E-state index >= 15 is 0 Å². The van der Waals surface area contributed by atoms with Crippen LogP contribution in [-0.4, -0.2) is 34.3 Å². The second-order valence-corrected chi connectivity index (χ2v) is 4.05. The highest BCUT2D eigenvalue weighted by atomic mass is 19.3. The van der Waals surface area contributed by atoms with Crippen molar-refractivity contribution in [3.8, 4) is 0 Å². The van der Waals surface area contributed by atoms with E-state index in [1.807, 2.05) is 0 Å². The van der Waals surface area contributed by atoms with Crippen LogP contribution in [-0.2, 0) is 4.74 Å². The number of rotatable bonds is 3. The molecule has 1 N–H and O–H groups in total. The van der Waals surface area contributed by atoms with Gasteiger partial charge in [-0.25, -0.2) is 23.5 Å². The summed E-state index contributed by atoms with van der Waals surface area (Å²) in [6.45, 7) is 1.03. The monoisotopic (exact) mass is 258 g/mol. The maximum Gasteiger partial charge on any atom is 0.339 e. The van der Waals surface area contributed by atoms with Crippen molar-refractivity contribution in [3.63, 3.8) is 0 Å². The fourth-order valence-corrected chi connectivity index (χ4v) is 1.88. The molecule has 7 heteroatoms. The zero-order valence-electron chi connectivity index (χ0n) is 9.47. The van der Waals surface area contributed by atoms with Gasteiger partial charge in [-0.1, -0.05) is 0 Å². The van der Waals surface area contributed by atoms with Gasteiger partial charge in [0.05, 0.1) is 6.61 Å². The molecule has 98 valence electrons. The molecule has 1 aliphatic rings. The summed E-state index contributed by atoms with van der Waals surface area (Å²) in [7, 11) is 0. The Kier molecular flexibility index (Phi) is 3.81. The van der Waals surface area contributed by atoms with Gasteiger partial charge in [-0.15, -0.1) is 0 Å². The first kappa shape index (κ1) is 12.8. The van der Waals surface area contributed by atoms with Crippen LogP contribution in [0.4, 0.5) is 8.78 Å². The van der Waals surface area contributed by atoms with E-state index in [9.17, 15) is 13.6 Å². The maximum atomic E-state index is 12.8. The molecule has 18 heavy (non-hydrogen) atoms. The zero-order chi connectivity index (χ0) is 13.1. The summed E-state index contributed by atoms with van der Waals surface area (Å²) in [5, 5.41) is 8.78. The summed E-state index contributed by atoms with van der Waals surface area (Å²) in [6, 6.07) is 0. The number of ether oxygens (including phenoxy) is 1. The first-order valence-corrected chi connectivity index (χ1v) is 5.55. The minimum atomic E-state index is -2.93. The lowest BCUT2D eigenvalue weighted by Gasteiger charge is -2.21. The van der Waals surface area contributed by atoms with E-state index in [-0.39, 0.29) is 11.7 Å². The number of carboxylic acids is 1. The molecule has 2 rings (SSSR count). The average Bonchev–Trinajstić information content (AvgIpc) is 2.39. The van der Waals surface area contributed by atoms with E-state index in [0.29, 0.717) is 13.2 Å². The average molecular weight is 258 g/mol. The molecule has 1 aromatic rings. The second kappa shape index (κ2) is 5.34. The molecule has 5 nitrogen and oxygen atoms in total. The number of carboxylic acid groups (broad SMARTS) is 1. The molecule has 1 saturated heterocycles. The molecule has 1 aromatic heterocycles. The Morgan fingerprint density at radius 1 is 1.56 bits per heavy atom. The molecule has 1 unspecified atom stereocenters. The molecule has 0 saturated carbocycles. The third-order valence-electron chi connectivity index (χ3n) is 2.80. The Balaban J connectivity index is 2.33. The van der Waals surface area contributed by atoms with Crippen LogP contribution in [0, 0.1) is 0 Å². The molecule has 1 atom stereocenters. The first-order chi connectivity index (χ1) is 8.59. The topological polar surface area (TPSA) is 72.3 Å². The van der Waals surface area contributed by atoms with E-state index < -0.39 is 23.7 Å². The number of alkyl halides is 2. The van der Waals surface area contributed by atoms with E-state index in [2.05, 4.69) is 9.97 Å². The lowest BCUT2D eigenvalue weighted by molar-refractivity contribution is 0.0678. The van der Waals surface area contributed by atoms with Crippen molar-refractivity contribution in [2.24, 2.45) is 0 Å². The minimum absolute atomic E-state index is 0.140. The quantitative estimate of drug-likeness (QED) is 0.897. The van der Waals surface area contributed by atoms with Crippen molar-refractivity contribution < 1.29 is 23.4 Å². The summed E-state index contributed by atoms with van der Waals surface area (Å²) in [5.74, 6) is -1.36. The van der Waals surface area contributed by atoms with Crippen LogP contribution in [0.1, 0.15) is 47.1 Å². The Morgan fingerprint density at radius 2 is 2.33 bits per heavy atom. The van der Waals surface area contributed by atoms with Crippen molar-refractivity contribution >= 4 is 5.97 Å². The van der Waals surface area contributed by atoms with E-state index in [1.165, 1.54) is 0 Å². The summed E-state index contributed by atoms with van der Waals surface area (Å²) in [6.07, 6.45) is -0.406. The normalized spacial score (nSPS) is 20.1. The van der Waals surface area contributed by atoms with Crippen LogP contribution in [0.25, 0.3) is 0 Å². The number of hydrogen-bond acceptors (Lipinski definition) is 4. The molecule has 1 aliphatic heterocycles. The van der Waals surface area contributed by atoms with Crippen LogP contribution in [0.15, 0.2) is 6.20 Å². The fourth-order valence-electron chi connectivity index (χ4n) is 1.88. The summed E-state index contributed by atoms with van der Waals surface area (Å²) in [5.41, 5.74) is -1.27. The minimum Gasteiger partial charge on any atom is -0.478 e. The predicted molar refractivity (Wildman–Crippen MR) is 56.7 cm³/mol. The lowest BCUT2D eigenvalue weighted by atomic mass is 10.0. The van der Waals surface area contributed by atoms with Crippen LogP contribution in [0.2, 0.25) is 0 Å². The smallest absolute Gasteiger partial charge is 0.339 e. The predicted octanol–water partition coefficient (Wildman–Crippen LogP) is 2.01.